The second-order valence-corrected chi connectivity index (χ2v) is 5.02. The van der Waals surface area contributed by atoms with E-state index >= 15 is 0 Å². The minimum Gasteiger partial charge on any atom is -0.0645 e. The Morgan fingerprint density at radius 2 is 1.22 bits per heavy atom. The summed E-state index contributed by atoms with van der Waals surface area (Å²) in [6, 6.07) is 21.8. The SMILES string of the molecule is CCC(CC)(Cc1ccccc1)c1ccccc1. The van der Waals surface area contributed by atoms with Crippen LogP contribution in [0.4, 0.5) is 0 Å². The molecule has 0 radical (unpaired) electrons. The predicted molar refractivity (Wildman–Crippen MR) is 78.8 cm³/mol. The highest BCUT2D eigenvalue weighted by molar-refractivity contribution is 5.29. The third-order valence-corrected chi connectivity index (χ3v) is 4.13. The van der Waals surface area contributed by atoms with Crippen LogP contribution >= 0.6 is 0 Å². The first-order chi connectivity index (χ1) is 8.80. The topological polar surface area (TPSA) is 0 Å². The highest BCUT2D eigenvalue weighted by atomic mass is 14.3. The van der Waals surface area contributed by atoms with Crippen molar-refractivity contribution in [1.29, 1.82) is 0 Å². The molecule has 0 atom stereocenters. The Morgan fingerprint density at radius 1 is 0.722 bits per heavy atom. The van der Waals surface area contributed by atoms with Gasteiger partial charge in [-0.3, -0.25) is 0 Å². The molecule has 0 aliphatic carbocycles. The van der Waals surface area contributed by atoms with E-state index in [-0.39, 0.29) is 5.41 Å². The average Bonchev–Trinajstić information content (AvgIpc) is 2.47. The van der Waals surface area contributed by atoms with Gasteiger partial charge in [0.05, 0.1) is 0 Å². The van der Waals surface area contributed by atoms with Crippen molar-refractivity contribution in [2.45, 2.75) is 38.5 Å². The van der Waals surface area contributed by atoms with Gasteiger partial charge in [-0.2, -0.15) is 0 Å². The van der Waals surface area contributed by atoms with E-state index in [0.717, 1.165) is 6.42 Å². The lowest BCUT2D eigenvalue weighted by Gasteiger charge is -2.32. The summed E-state index contributed by atoms with van der Waals surface area (Å²) < 4.78 is 0. The Labute approximate surface area is 111 Å². The van der Waals surface area contributed by atoms with Crippen molar-refractivity contribution in [3.63, 3.8) is 0 Å². The van der Waals surface area contributed by atoms with E-state index in [2.05, 4.69) is 74.5 Å². The van der Waals surface area contributed by atoms with E-state index in [9.17, 15) is 0 Å². The molecule has 0 aliphatic heterocycles. The Morgan fingerprint density at radius 3 is 1.72 bits per heavy atom. The summed E-state index contributed by atoms with van der Waals surface area (Å²) in [5, 5.41) is 0. The zero-order chi connectivity index (χ0) is 12.8. The van der Waals surface area contributed by atoms with Gasteiger partial charge in [-0.1, -0.05) is 74.5 Å². The van der Waals surface area contributed by atoms with Crippen LogP contribution < -0.4 is 0 Å². The van der Waals surface area contributed by atoms with Gasteiger partial charge in [-0.25, -0.2) is 0 Å². The molecule has 0 unspecified atom stereocenters. The molecule has 2 aromatic carbocycles. The Bertz CT molecular complexity index is 452. The highest BCUT2D eigenvalue weighted by Gasteiger charge is 2.28. The van der Waals surface area contributed by atoms with Gasteiger partial charge in [0.25, 0.3) is 0 Å². The number of hydrogen-bond acceptors (Lipinski definition) is 0. The third-order valence-electron chi connectivity index (χ3n) is 4.13. The van der Waals surface area contributed by atoms with Gasteiger partial charge in [0.1, 0.15) is 0 Å². The minimum atomic E-state index is 0.280. The van der Waals surface area contributed by atoms with Crippen molar-refractivity contribution in [1.82, 2.24) is 0 Å². The molecule has 0 bridgehead atoms. The summed E-state index contributed by atoms with van der Waals surface area (Å²) in [4.78, 5) is 0. The first kappa shape index (κ1) is 12.9. The maximum absolute atomic E-state index is 2.30. The quantitative estimate of drug-likeness (QED) is 0.688. The molecule has 0 heterocycles. The van der Waals surface area contributed by atoms with Gasteiger partial charge in [0.2, 0.25) is 0 Å². The van der Waals surface area contributed by atoms with Gasteiger partial charge >= 0.3 is 0 Å². The highest BCUT2D eigenvalue weighted by Crippen LogP contribution is 2.35. The fourth-order valence-corrected chi connectivity index (χ4v) is 2.79. The zero-order valence-electron chi connectivity index (χ0n) is 11.4. The molecule has 0 saturated carbocycles. The average molecular weight is 238 g/mol. The van der Waals surface area contributed by atoms with Crippen molar-refractivity contribution < 1.29 is 0 Å². The summed E-state index contributed by atoms with van der Waals surface area (Å²) in [6.07, 6.45) is 3.50. The zero-order valence-corrected chi connectivity index (χ0v) is 11.4. The molecule has 0 aliphatic rings. The monoisotopic (exact) mass is 238 g/mol. The predicted octanol–water partition coefficient (Wildman–Crippen LogP) is 4.99. The van der Waals surface area contributed by atoms with Crippen LogP contribution in [-0.4, -0.2) is 0 Å². The molecule has 2 aromatic rings. The summed E-state index contributed by atoms with van der Waals surface area (Å²) in [5.41, 5.74) is 3.19. The van der Waals surface area contributed by atoms with E-state index < -0.39 is 0 Å². The Hall–Kier alpha value is -1.56. The molecule has 0 fully saturated rings. The van der Waals surface area contributed by atoms with Crippen molar-refractivity contribution in [2.75, 3.05) is 0 Å². The molecule has 18 heavy (non-hydrogen) atoms. The molecule has 0 heteroatoms. The normalized spacial score (nSPS) is 11.4. The van der Waals surface area contributed by atoms with Crippen LogP contribution in [-0.2, 0) is 11.8 Å². The van der Waals surface area contributed by atoms with Crippen LogP contribution in [0, 0.1) is 0 Å². The van der Waals surface area contributed by atoms with Gasteiger partial charge in [0.15, 0.2) is 0 Å². The largest absolute Gasteiger partial charge is 0.0645 e. The van der Waals surface area contributed by atoms with Gasteiger partial charge in [0, 0.05) is 0 Å². The van der Waals surface area contributed by atoms with Gasteiger partial charge in [-0.15, -0.1) is 0 Å². The van der Waals surface area contributed by atoms with Crippen LogP contribution in [0.15, 0.2) is 60.7 Å². The summed E-state index contributed by atoms with van der Waals surface area (Å²) in [7, 11) is 0. The molecular weight excluding hydrogens is 216 g/mol. The molecular formula is C18H22. The standard InChI is InChI=1S/C18H22/c1-3-18(4-2,17-13-9-6-10-14-17)15-16-11-7-5-8-12-16/h5-14H,3-4,15H2,1-2H3. The van der Waals surface area contributed by atoms with E-state index in [0.29, 0.717) is 0 Å². The van der Waals surface area contributed by atoms with E-state index in [1.807, 2.05) is 0 Å². The lowest BCUT2D eigenvalue weighted by atomic mass is 9.71. The molecule has 2 rings (SSSR count). The van der Waals surface area contributed by atoms with Crippen LogP contribution in [0.25, 0.3) is 0 Å². The molecule has 0 spiro atoms. The van der Waals surface area contributed by atoms with E-state index in [1.165, 1.54) is 24.0 Å². The first-order valence-corrected chi connectivity index (χ1v) is 6.90. The van der Waals surface area contributed by atoms with Crippen LogP contribution in [0.5, 0.6) is 0 Å². The molecule has 0 aromatic heterocycles. The summed E-state index contributed by atoms with van der Waals surface area (Å²) in [5.74, 6) is 0. The van der Waals surface area contributed by atoms with Crippen molar-refractivity contribution in [3.8, 4) is 0 Å². The number of benzene rings is 2. The summed E-state index contributed by atoms with van der Waals surface area (Å²) in [6.45, 7) is 4.61. The van der Waals surface area contributed by atoms with E-state index in [1.54, 1.807) is 0 Å². The van der Waals surface area contributed by atoms with Crippen LogP contribution in [0.2, 0.25) is 0 Å². The second kappa shape index (κ2) is 5.86. The number of rotatable bonds is 5. The van der Waals surface area contributed by atoms with Crippen molar-refractivity contribution in [2.24, 2.45) is 0 Å². The fourth-order valence-electron chi connectivity index (χ4n) is 2.79. The van der Waals surface area contributed by atoms with Gasteiger partial charge in [-0.05, 0) is 35.8 Å². The first-order valence-electron chi connectivity index (χ1n) is 6.90. The minimum absolute atomic E-state index is 0.280. The van der Waals surface area contributed by atoms with Crippen LogP contribution in [0.3, 0.4) is 0 Å². The number of hydrogen-bond donors (Lipinski definition) is 0. The summed E-state index contributed by atoms with van der Waals surface area (Å²) >= 11 is 0. The molecule has 0 saturated heterocycles. The Kier molecular flexibility index (Phi) is 4.19. The molecule has 0 nitrogen and oxygen atoms in total. The lowest BCUT2D eigenvalue weighted by molar-refractivity contribution is 0.392. The van der Waals surface area contributed by atoms with Crippen molar-refractivity contribution >= 4 is 0 Å². The smallest absolute Gasteiger partial charge is 0.00119 e. The Balaban J connectivity index is 2.33. The van der Waals surface area contributed by atoms with E-state index in [4.69, 9.17) is 0 Å². The molecule has 94 valence electrons. The molecule has 0 amide bonds. The molecule has 0 N–H and O–H groups in total. The third kappa shape index (κ3) is 2.64. The maximum atomic E-state index is 2.30. The lowest BCUT2D eigenvalue weighted by Crippen LogP contribution is -2.27. The van der Waals surface area contributed by atoms with Crippen LogP contribution in [0.1, 0.15) is 37.8 Å². The van der Waals surface area contributed by atoms with Gasteiger partial charge < -0.3 is 0 Å². The van der Waals surface area contributed by atoms with Crippen molar-refractivity contribution in [3.05, 3.63) is 71.8 Å². The fraction of sp³-hybridized carbons (Fsp3) is 0.333. The maximum Gasteiger partial charge on any atom is -0.00119 e. The second-order valence-electron chi connectivity index (χ2n) is 5.02.